The fourth-order valence-corrected chi connectivity index (χ4v) is 1.78. The number of anilines is 3. The van der Waals surface area contributed by atoms with Gasteiger partial charge in [0.2, 0.25) is 5.95 Å². The van der Waals surface area contributed by atoms with E-state index >= 15 is 0 Å². The van der Waals surface area contributed by atoms with Crippen molar-refractivity contribution in [1.82, 2.24) is 9.97 Å². The van der Waals surface area contributed by atoms with Gasteiger partial charge in [0.1, 0.15) is 5.82 Å². The average molecular weight is 317 g/mol. The van der Waals surface area contributed by atoms with Gasteiger partial charge in [0.05, 0.1) is 16.3 Å². The zero-order valence-electron chi connectivity index (χ0n) is 11.2. The first-order valence-corrected chi connectivity index (χ1v) is 6.34. The summed E-state index contributed by atoms with van der Waals surface area (Å²) in [5.74, 6) is 0.738. The molecule has 0 amide bonds. The molecule has 1 aromatic carbocycles. The van der Waals surface area contributed by atoms with Crippen molar-refractivity contribution >= 4 is 29.1 Å². The molecule has 0 aliphatic rings. The van der Waals surface area contributed by atoms with E-state index in [1.807, 2.05) is 0 Å². The molecule has 0 saturated heterocycles. The summed E-state index contributed by atoms with van der Waals surface area (Å²) in [5, 5.41) is 5.73. The van der Waals surface area contributed by atoms with E-state index in [2.05, 4.69) is 20.6 Å². The van der Waals surface area contributed by atoms with E-state index < -0.39 is 11.7 Å². The summed E-state index contributed by atoms with van der Waals surface area (Å²) in [6.07, 6.45) is -2.87. The number of aryl methyl sites for hydroxylation is 1. The van der Waals surface area contributed by atoms with Crippen LogP contribution in [0.3, 0.4) is 0 Å². The molecule has 2 aromatic rings. The molecule has 0 unspecified atom stereocenters. The van der Waals surface area contributed by atoms with Crippen LogP contribution in [-0.2, 0) is 6.18 Å². The lowest BCUT2D eigenvalue weighted by molar-refractivity contribution is -0.137. The number of hydrogen-bond donors (Lipinski definition) is 2. The van der Waals surface area contributed by atoms with Crippen LogP contribution in [0.4, 0.5) is 30.6 Å². The summed E-state index contributed by atoms with van der Waals surface area (Å²) in [4.78, 5) is 8.15. The normalized spacial score (nSPS) is 11.3. The zero-order valence-corrected chi connectivity index (χ0v) is 12.0. The molecule has 0 aliphatic heterocycles. The van der Waals surface area contributed by atoms with Crippen molar-refractivity contribution in [3.63, 3.8) is 0 Å². The monoisotopic (exact) mass is 316 g/mol. The highest BCUT2D eigenvalue weighted by molar-refractivity contribution is 6.33. The van der Waals surface area contributed by atoms with E-state index in [0.29, 0.717) is 17.3 Å². The maximum Gasteiger partial charge on any atom is 0.416 e. The average Bonchev–Trinajstić information content (AvgIpc) is 2.42. The van der Waals surface area contributed by atoms with Gasteiger partial charge in [-0.05, 0) is 25.1 Å². The molecule has 2 rings (SSSR count). The van der Waals surface area contributed by atoms with Crippen molar-refractivity contribution < 1.29 is 13.2 Å². The molecule has 4 nitrogen and oxygen atoms in total. The highest BCUT2D eigenvalue weighted by atomic mass is 35.5. The van der Waals surface area contributed by atoms with Crippen LogP contribution in [0.15, 0.2) is 24.4 Å². The van der Waals surface area contributed by atoms with Crippen molar-refractivity contribution in [2.45, 2.75) is 13.1 Å². The molecule has 0 spiro atoms. The molecule has 0 bridgehead atoms. The fourth-order valence-electron chi connectivity index (χ4n) is 1.61. The van der Waals surface area contributed by atoms with E-state index in [1.165, 1.54) is 6.07 Å². The molecule has 0 atom stereocenters. The Hall–Kier alpha value is -2.02. The van der Waals surface area contributed by atoms with E-state index in [-0.39, 0.29) is 10.7 Å². The Balaban J connectivity index is 2.39. The number of hydrogen-bond acceptors (Lipinski definition) is 4. The number of alkyl halides is 3. The van der Waals surface area contributed by atoms with Gasteiger partial charge in [-0.1, -0.05) is 11.6 Å². The van der Waals surface area contributed by atoms with Crippen molar-refractivity contribution in [2.24, 2.45) is 0 Å². The maximum absolute atomic E-state index is 12.7. The lowest BCUT2D eigenvalue weighted by Gasteiger charge is -2.13. The van der Waals surface area contributed by atoms with Gasteiger partial charge in [-0.3, -0.25) is 0 Å². The van der Waals surface area contributed by atoms with Gasteiger partial charge in [-0.15, -0.1) is 0 Å². The molecule has 1 aromatic heterocycles. The predicted molar refractivity (Wildman–Crippen MR) is 76.1 cm³/mol. The molecular weight excluding hydrogens is 305 g/mol. The molecule has 0 aliphatic carbocycles. The minimum atomic E-state index is -4.43. The predicted octanol–water partition coefficient (Wildman–Crippen LogP) is 4.24. The Kier molecular flexibility index (Phi) is 4.22. The van der Waals surface area contributed by atoms with Crippen LogP contribution < -0.4 is 10.6 Å². The van der Waals surface area contributed by atoms with Crippen LogP contribution in [0.2, 0.25) is 5.02 Å². The molecule has 21 heavy (non-hydrogen) atoms. The molecule has 8 heteroatoms. The highest BCUT2D eigenvalue weighted by Gasteiger charge is 2.31. The van der Waals surface area contributed by atoms with Crippen LogP contribution in [0.25, 0.3) is 0 Å². The van der Waals surface area contributed by atoms with Gasteiger partial charge >= 0.3 is 6.18 Å². The number of nitrogens with zero attached hydrogens (tertiary/aromatic N) is 2. The van der Waals surface area contributed by atoms with Crippen LogP contribution >= 0.6 is 11.6 Å². The molecule has 112 valence electrons. The van der Waals surface area contributed by atoms with Crippen LogP contribution in [0, 0.1) is 6.92 Å². The minimum Gasteiger partial charge on any atom is -0.357 e. The first kappa shape index (κ1) is 15.4. The van der Waals surface area contributed by atoms with E-state index in [1.54, 1.807) is 20.2 Å². The van der Waals surface area contributed by atoms with Crippen LogP contribution in [-0.4, -0.2) is 17.0 Å². The van der Waals surface area contributed by atoms with E-state index in [9.17, 15) is 13.2 Å². The number of aromatic nitrogens is 2. The van der Waals surface area contributed by atoms with Gasteiger partial charge in [-0.2, -0.15) is 18.2 Å². The van der Waals surface area contributed by atoms with Gasteiger partial charge < -0.3 is 10.6 Å². The third-order valence-electron chi connectivity index (χ3n) is 2.74. The zero-order chi connectivity index (χ0) is 15.6. The topological polar surface area (TPSA) is 49.8 Å². The van der Waals surface area contributed by atoms with Gasteiger partial charge in [0.25, 0.3) is 0 Å². The Bertz CT molecular complexity index is 658. The summed E-state index contributed by atoms with van der Waals surface area (Å²) in [7, 11) is 1.64. The van der Waals surface area contributed by atoms with Crippen LogP contribution in [0.1, 0.15) is 11.1 Å². The second kappa shape index (κ2) is 5.77. The lowest BCUT2D eigenvalue weighted by atomic mass is 10.2. The summed E-state index contributed by atoms with van der Waals surface area (Å²) in [5.41, 5.74) is 0.0350. The number of nitrogens with one attached hydrogen (secondary N) is 2. The molecular formula is C13H12ClF3N4. The first-order valence-electron chi connectivity index (χ1n) is 5.96. The smallest absolute Gasteiger partial charge is 0.357 e. The van der Waals surface area contributed by atoms with Gasteiger partial charge in [-0.25, -0.2) is 4.98 Å². The van der Waals surface area contributed by atoms with Crippen molar-refractivity contribution in [3.8, 4) is 0 Å². The van der Waals surface area contributed by atoms with Crippen LogP contribution in [0.5, 0.6) is 0 Å². The summed E-state index contributed by atoms with van der Waals surface area (Å²) >= 11 is 5.93. The number of benzene rings is 1. The fraction of sp³-hybridized carbons (Fsp3) is 0.231. The quantitative estimate of drug-likeness (QED) is 0.889. The molecule has 0 saturated carbocycles. The summed E-state index contributed by atoms with van der Waals surface area (Å²) in [6.45, 7) is 1.74. The molecule has 1 heterocycles. The number of halogens is 4. The van der Waals surface area contributed by atoms with Gasteiger partial charge in [0, 0.05) is 18.8 Å². The highest BCUT2D eigenvalue weighted by Crippen LogP contribution is 2.35. The SMILES string of the molecule is CNc1ncc(C)c(Nc2cc(C(F)(F)F)ccc2Cl)n1. The number of rotatable bonds is 3. The maximum atomic E-state index is 12.7. The summed E-state index contributed by atoms with van der Waals surface area (Å²) in [6, 6.07) is 3.07. The summed E-state index contributed by atoms with van der Waals surface area (Å²) < 4.78 is 38.2. The first-order chi connectivity index (χ1) is 9.81. The minimum absolute atomic E-state index is 0.135. The lowest BCUT2D eigenvalue weighted by Crippen LogP contribution is -2.07. The Morgan fingerprint density at radius 2 is 1.95 bits per heavy atom. The Labute approximate surface area is 124 Å². The second-order valence-corrected chi connectivity index (χ2v) is 4.70. The molecule has 2 N–H and O–H groups in total. The van der Waals surface area contributed by atoms with Crippen molar-refractivity contribution in [3.05, 3.63) is 40.5 Å². The largest absolute Gasteiger partial charge is 0.416 e. The van der Waals surface area contributed by atoms with Gasteiger partial charge in [0.15, 0.2) is 0 Å². The third kappa shape index (κ3) is 3.55. The second-order valence-electron chi connectivity index (χ2n) is 4.29. The Morgan fingerprint density at radius 3 is 2.57 bits per heavy atom. The third-order valence-corrected chi connectivity index (χ3v) is 3.07. The standard InChI is InChI=1S/C13H12ClF3N4/c1-7-6-19-12(18-2)21-11(7)20-10-5-8(13(15,16)17)3-4-9(10)14/h3-6H,1-2H3,(H2,18,19,20,21). The molecule has 0 radical (unpaired) electrons. The van der Waals surface area contributed by atoms with Crippen molar-refractivity contribution in [1.29, 1.82) is 0 Å². The van der Waals surface area contributed by atoms with Crippen molar-refractivity contribution in [2.75, 3.05) is 17.7 Å². The van der Waals surface area contributed by atoms with E-state index in [4.69, 9.17) is 11.6 Å². The Morgan fingerprint density at radius 1 is 1.24 bits per heavy atom. The van der Waals surface area contributed by atoms with E-state index in [0.717, 1.165) is 12.1 Å². The molecule has 0 fully saturated rings.